The zero-order valence-electron chi connectivity index (χ0n) is 7.52. The van der Waals surface area contributed by atoms with Gasteiger partial charge in [-0.15, -0.1) is 0 Å². The number of hydrogen-bond acceptors (Lipinski definition) is 1. The summed E-state index contributed by atoms with van der Waals surface area (Å²) in [5.74, 6) is 0. The largest absolute Gasteiger partial charge is 0.497 e. The van der Waals surface area contributed by atoms with Crippen LogP contribution in [-0.4, -0.2) is 24.0 Å². The minimum absolute atomic E-state index is 0.0955. The molecule has 2 rings (SSSR count). The summed E-state index contributed by atoms with van der Waals surface area (Å²) in [6.45, 7) is 1.81. The van der Waals surface area contributed by atoms with E-state index in [0.717, 1.165) is 25.9 Å². The number of hydrogen-bond donors (Lipinski definition) is 0. The van der Waals surface area contributed by atoms with Crippen LogP contribution in [0.2, 0.25) is 0 Å². The number of nitrogens with zero attached hydrogens (tertiary/aromatic N) is 2. The van der Waals surface area contributed by atoms with Gasteiger partial charge in [0.05, 0.1) is 25.5 Å². The molecule has 1 fully saturated rings. The standard InChI is InChI=1S/C10H13N2O/c13-10(12-8-4-5-9-12)11-6-2-1-3-7-11/h1-3,6-7H,4-5,8-9H2/q+1. The maximum absolute atomic E-state index is 11.7. The second-order valence-corrected chi connectivity index (χ2v) is 3.26. The summed E-state index contributed by atoms with van der Waals surface area (Å²) in [5, 5.41) is 0. The van der Waals surface area contributed by atoms with Crippen molar-refractivity contribution in [2.75, 3.05) is 13.1 Å². The number of carbonyl (C=O) groups is 1. The van der Waals surface area contributed by atoms with E-state index in [2.05, 4.69) is 0 Å². The molecule has 1 aliphatic heterocycles. The lowest BCUT2D eigenvalue weighted by molar-refractivity contribution is -0.578. The van der Waals surface area contributed by atoms with Crippen LogP contribution in [0.1, 0.15) is 12.8 Å². The number of aromatic nitrogens is 1. The van der Waals surface area contributed by atoms with Crippen LogP contribution < -0.4 is 4.57 Å². The highest BCUT2D eigenvalue weighted by molar-refractivity contribution is 5.64. The summed E-state index contributed by atoms with van der Waals surface area (Å²) in [7, 11) is 0. The highest BCUT2D eigenvalue weighted by Gasteiger charge is 2.27. The van der Waals surface area contributed by atoms with Crippen LogP contribution in [0.3, 0.4) is 0 Å². The third-order valence-corrected chi connectivity index (χ3v) is 2.31. The van der Waals surface area contributed by atoms with Crippen LogP contribution >= 0.6 is 0 Å². The van der Waals surface area contributed by atoms with Crippen LogP contribution in [0.4, 0.5) is 4.79 Å². The monoisotopic (exact) mass is 177 g/mol. The Kier molecular flexibility index (Phi) is 2.25. The minimum Gasteiger partial charge on any atom is -0.225 e. The molecule has 1 aromatic heterocycles. The summed E-state index contributed by atoms with van der Waals surface area (Å²) >= 11 is 0. The lowest BCUT2D eigenvalue weighted by atomic mass is 10.4. The molecule has 1 aromatic rings. The highest BCUT2D eigenvalue weighted by Crippen LogP contribution is 2.06. The van der Waals surface area contributed by atoms with Crippen molar-refractivity contribution >= 4 is 6.03 Å². The Bertz CT molecular complexity index is 291. The average molecular weight is 177 g/mol. The molecule has 0 spiro atoms. The second-order valence-electron chi connectivity index (χ2n) is 3.26. The van der Waals surface area contributed by atoms with Gasteiger partial charge < -0.3 is 0 Å². The first kappa shape index (κ1) is 8.23. The molecule has 0 saturated carbocycles. The van der Waals surface area contributed by atoms with Crippen molar-refractivity contribution in [1.29, 1.82) is 0 Å². The molecule has 0 bridgehead atoms. The Morgan fingerprint density at radius 1 is 1.08 bits per heavy atom. The van der Waals surface area contributed by atoms with Crippen molar-refractivity contribution in [2.45, 2.75) is 12.8 Å². The van der Waals surface area contributed by atoms with Gasteiger partial charge in [0.2, 0.25) is 0 Å². The lowest BCUT2D eigenvalue weighted by Crippen LogP contribution is -2.50. The summed E-state index contributed by atoms with van der Waals surface area (Å²) in [4.78, 5) is 13.6. The fraction of sp³-hybridized carbons (Fsp3) is 0.400. The molecule has 0 atom stereocenters. The van der Waals surface area contributed by atoms with E-state index in [0.29, 0.717) is 0 Å². The second kappa shape index (κ2) is 3.56. The topological polar surface area (TPSA) is 24.2 Å². The van der Waals surface area contributed by atoms with Gasteiger partial charge in [-0.2, -0.15) is 9.36 Å². The van der Waals surface area contributed by atoms with E-state index in [-0.39, 0.29) is 6.03 Å². The number of rotatable bonds is 0. The molecule has 0 aromatic carbocycles. The third kappa shape index (κ3) is 1.69. The Morgan fingerprint density at radius 2 is 1.69 bits per heavy atom. The molecule has 0 N–H and O–H groups in total. The number of likely N-dealkylation sites (tertiary alicyclic amines) is 1. The Hall–Kier alpha value is -1.38. The number of carbonyl (C=O) groups excluding carboxylic acids is 1. The Labute approximate surface area is 77.6 Å². The van der Waals surface area contributed by atoms with Gasteiger partial charge in [-0.05, 0) is 25.0 Å². The molecule has 1 aliphatic rings. The predicted octanol–water partition coefficient (Wildman–Crippen LogP) is 1.04. The van der Waals surface area contributed by atoms with Crippen molar-refractivity contribution in [3.05, 3.63) is 30.6 Å². The molecule has 0 aliphatic carbocycles. The van der Waals surface area contributed by atoms with Gasteiger partial charge in [0, 0.05) is 0 Å². The van der Waals surface area contributed by atoms with Crippen LogP contribution in [0, 0.1) is 0 Å². The van der Waals surface area contributed by atoms with E-state index in [1.807, 2.05) is 23.1 Å². The van der Waals surface area contributed by atoms with Crippen molar-refractivity contribution in [3.8, 4) is 0 Å². The first-order chi connectivity index (χ1) is 6.38. The van der Waals surface area contributed by atoms with E-state index < -0.39 is 0 Å². The van der Waals surface area contributed by atoms with Crippen LogP contribution in [0.5, 0.6) is 0 Å². The van der Waals surface area contributed by atoms with Crippen molar-refractivity contribution in [1.82, 2.24) is 4.90 Å². The molecule has 1 saturated heterocycles. The van der Waals surface area contributed by atoms with Crippen LogP contribution in [-0.2, 0) is 0 Å². The van der Waals surface area contributed by atoms with E-state index in [4.69, 9.17) is 0 Å². The first-order valence-electron chi connectivity index (χ1n) is 4.63. The summed E-state index contributed by atoms with van der Waals surface area (Å²) in [6.07, 6.45) is 5.86. The molecule has 3 heteroatoms. The average Bonchev–Trinajstić information content (AvgIpc) is 2.71. The molecule has 2 heterocycles. The van der Waals surface area contributed by atoms with E-state index in [1.54, 1.807) is 17.0 Å². The maximum Gasteiger partial charge on any atom is 0.497 e. The summed E-state index contributed by atoms with van der Waals surface area (Å²) in [6, 6.07) is 5.74. The van der Waals surface area contributed by atoms with E-state index in [9.17, 15) is 4.79 Å². The first-order valence-corrected chi connectivity index (χ1v) is 4.63. The lowest BCUT2D eigenvalue weighted by Gasteiger charge is -2.06. The van der Waals surface area contributed by atoms with Crippen LogP contribution in [0.15, 0.2) is 30.6 Å². The highest BCUT2D eigenvalue weighted by atomic mass is 16.2. The molecule has 68 valence electrons. The molecule has 1 amide bonds. The molecule has 0 radical (unpaired) electrons. The number of pyridine rings is 1. The molecule has 3 nitrogen and oxygen atoms in total. The van der Waals surface area contributed by atoms with Gasteiger partial charge in [-0.1, -0.05) is 6.07 Å². The zero-order valence-corrected chi connectivity index (χ0v) is 7.52. The third-order valence-electron chi connectivity index (χ3n) is 2.31. The van der Waals surface area contributed by atoms with Crippen molar-refractivity contribution in [2.24, 2.45) is 0 Å². The maximum atomic E-state index is 11.7. The smallest absolute Gasteiger partial charge is 0.225 e. The van der Waals surface area contributed by atoms with Gasteiger partial charge >= 0.3 is 6.03 Å². The Balaban J connectivity index is 2.13. The van der Waals surface area contributed by atoms with Gasteiger partial charge in [-0.3, -0.25) is 0 Å². The fourth-order valence-electron chi connectivity index (χ4n) is 1.60. The molecular weight excluding hydrogens is 164 g/mol. The van der Waals surface area contributed by atoms with Gasteiger partial charge in [0.15, 0.2) is 0 Å². The molecular formula is C10H13N2O+. The normalized spacial score (nSPS) is 16.2. The quantitative estimate of drug-likeness (QED) is 0.543. The van der Waals surface area contributed by atoms with Gasteiger partial charge in [0.1, 0.15) is 0 Å². The molecule has 13 heavy (non-hydrogen) atoms. The summed E-state index contributed by atoms with van der Waals surface area (Å²) in [5.41, 5.74) is 0. The number of amides is 1. The predicted molar refractivity (Wildman–Crippen MR) is 48.2 cm³/mol. The van der Waals surface area contributed by atoms with Gasteiger partial charge in [-0.25, -0.2) is 4.90 Å². The van der Waals surface area contributed by atoms with Crippen molar-refractivity contribution in [3.63, 3.8) is 0 Å². The Morgan fingerprint density at radius 3 is 2.31 bits per heavy atom. The van der Waals surface area contributed by atoms with E-state index >= 15 is 0 Å². The minimum atomic E-state index is 0.0955. The molecule has 0 unspecified atom stereocenters. The van der Waals surface area contributed by atoms with Crippen LogP contribution in [0.25, 0.3) is 0 Å². The van der Waals surface area contributed by atoms with E-state index in [1.165, 1.54) is 0 Å². The van der Waals surface area contributed by atoms with Gasteiger partial charge in [0.25, 0.3) is 0 Å². The summed E-state index contributed by atoms with van der Waals surface area (Å²) < 4.78 is 1.63. The fourth-order valence-corrected chi connectivity index (χ4v) is 1.60. The zero-order chi connectivity index (χ0) is 9.10. The van der Waals surface area contributed by atoms with Crippen molar-refractivity contribution < 1.29 is 9.36 Å². The SMILES string of the molecule is O=C(N1CCCC1)[n+]1ccccc1.